The van der Waals surface area contributed by atoms with E-state index in [1.54, 1.807) is 14.0 Å². The van der Waals surface area contributed by atoms with Crippen molar-refractivity contribution in [3.8, 4) is 0 Å². The highest BCUT2D eigenvalue weighted by Gasteiger charge is 2.34. The van der Waals surface area contributed by atoms with Gasteiger partial charge in [-0.3, -0.25) is 4.79 Å². The van der Waals surface area contributed by atoms with Crippen molar-refractivity contribution in [2.45, 2.75) is 38.3 Å². The van der Waals surface area contributed by atoms with Crippen LogP contribution in [0.25, 0.3) is 0 Å². The summed E-state index contributed by atoms with van der Waals surface area (Å²) >= 11 is 0. The van der Waals surface area contributed by atoms with Crippen LogP contribution in [-0.2, 0) is 9.53 Å². The van der Waals surface area contributed by atoms with Crippen LogP contribution >= 0.6 is 0 Å². The Morgan fingerprint density at radius 2 is 2.25 bits per heavy atom. The zero-order chi connectivity index (χ0) is 11.5. The maximum absolute atomic E-state index is 11.5. The fourth-order valence-electron chi connectivity index (χ4n) is 2.30. The molecule has 2 fully saturated rings. The highest BCUT2D eigenvalue weighted by Crippen LogP contribution is 2.31. The number of rotatable bonds is 5. The van der Waals surface area contributed by atoms with Crippen LogP contribution in [0.3, 0.4) is 0 Å². The summed E-state index contributed by atoms with van der Waals surface area (Å²) in [5.74, 6) is 0.640. The highest BCUT2D eigenvalue weighted by molar-refractivity contribution is 5.80. The van der Waals surface area contributed by atoms with Crippen LogP contribution in [0.4, 0.5) is 0 Å². The van der Waals surface area contributed by atoms with Crippen molar-refractivity contribution in [2.75, 3.05) is 26.7 Å². The van der Waals surface area contributed by atoms with E-state index < -0.39 is 0 Å². The Morgan fingerprint density at radius 3 is 2.88 bits per heavy atom. The molecule has 0 spiro atoms. The standard InChI is InChI=1S/C12H22N2O2/c1-9(16-2)12(15)13-7-10-5-6-14(8-10)11-3-4-11/h9-11H,3-8H2,1-2H3,(H,13,15). The van der Waals surface area contributed by atoms with Crippen LogP contribution in [0, 0.1) is 5.92 Å². The summed E-state index contributed by atoms with van der Waals surface area (Å²) in [4.78, 5) is 14.1. The van der Waals surface area contributed by atoms with E-state index in [1.165, 1.54) is 25.8 Å². The van der Waals surface area contributed by atoms with Gasteiger partial charge in [0, 0.05) is 26.2 Å². The lowest BCUT2D eigenvalue weighted by Crippen LogP contribution is -2.37. The van der Waals surface area contributed by atoms with Gasteiger partial charge in [-0.15, -0.1) is 0 Å². The molecule has 2 aliphatic rings. The molecule has 2 atom stereocenters. The van der Waals surface area contributed by atoms with Crippen molar-refractivity contribution in [3.63, 3.8) is 0 Å². The van der Waals surface area contributed by atoms with Gasteiger partial charge >= 0.3 is 0 Å². The monoisotopic (exact) mass is 226 g/mol. The fourth-order valence-corrected chi connectivity index (χ4v) is 2.30. The van der Waals surface area contributed by atoms with Crippen molar-refractivity contribution in [1.29, 1.82) is 0 Å². The third-order valence-electron chi connectivity index (χ3n) is 3.67. The van der Waals surface area contributed by atoms with Crippen LogP contribution in [0.2, 0.25) is 0 Å². The molecular weight excluding hydrogens is 204 g/mol. The first-order valence-corrected chi connectivity index (χ1v) is 6.25. The minimum Gasteiger partial charge on any atom is -0.372 e. The number of methoxy groups -OCH3 is 1. The minimum absolute atomic E-state index is 0.00683. The van der Waals surface area contributed by atoms with Crippen molar-refractivity contribution in [1.82, 2.24) is 10.2 Å². The molecule has 0 aromatic carbocycles. The van der Waals surface area contributed by atoms with Crippen molar-refractivity contribution < 1.29 is 9.53 Å². The minimum atomic E-state index is -0.332. The lowest BCUT2D eigenvalue weighted by Gasteiger charge is -2.16. The lowest BCUT2D eigenvalue weighted by molar-refractivity contribution is -0.130. The topological polar surface area (TPSA) is 41.6 Å². The van der Waals surface area contributed by atoms with Gasteiger partial charge in [0.25, 0.3) is 0 Å². The third-order valence-corrected chi connectivity index (χ3v) is 3.67. The molecule has 1 amide bonds. The summed E-state index contributed by atoms with van der Waals surface area (Å²) in [5.41, 5.74) is 0. The molecule has 2 unspecified atom stereocenters. The van der Waals surface area contributed by atoms with Gasteiger partial charge in [-0.2, -0.15) is 0 Å². The maximum Gasteiger partial charge on any atom is 0.248 e. The molecule has 0 aromatic rings. The van der Waals surface area contributed by atoms with Gasteiger partial charge in [-0.05, 0) is 38.6 Å². The highest BCUT2D eigenvalue weighted by atomic mass is 16.5. The molecule has 1 aliphatic heterocycles. The van der Waals surface area contributed by atoms with E-state index in [2.05, 4.69) is 10.2 Å². The van der Waals surface area contributed by atoms with Crippen molar-refractivity contribution >= 4 is 5.91 Å². The Balaban J connectivity index is 1.65. The van der Waals surface area contributed by atoms with E-state index in [-0.39, 0.29) is 12.0 Å². The molecule has 1 aliphatic carbocycles. The number of carbonyl (C=O) groups excluding carboxylic acids is 1. The first-order valence-electron chi connectivity index (χ1n) is 6.25. The smallest absolute Gasteiger partial charge is 0.248 e. The summed E-state index contributed by atoms with van der Waals surface area (Å²) in [6.45, 7) is 4.95. The first-order chi connectivity index (χ1) is 7.70. The second-order valence-corrected chi connectivity index (χ2v) is 5.00. The van der Waals surface area contributed by atoms with Crippen LogP contribution in [-0.4, -0.2) is 49.7 Å². The van der Waals surface area contributed by atoms with E-state index in [0.29, 0.717) is 5.92 Å². The van der Waals surface area contributed by atoms with Crippen LogP contribution in [0.1, 0.15) is 26.2 Å². The zero-order valence-corrected chi connectivity index (χ0v) is 10.2. The average Bonchev–Trinajstić information content (AvgIpc) is 3.05. The predicted molar refractivity (Wildman–Crippen MR) is 62.2 cm³/mol. The van der Waals surface area contributed by atoms with Crippen LogP contribution < -0.4 is 5.32 Å². The molecular formula is C12H22N2O2. The zero-order valence-electron chi connectivity index (χ0n) is 10.2. The largest absolute Gasteiger partial charge is 0.372 e. The summed E-state index contributed by atoms with van der Waals surface area (Å²) in [5, 5.41) is 2.96. The van der Waals surface area contributed by atoms with Crippen molar-refractivity contribution in [3.05, 3.63) is 0 Å². The lowest BCUT2D eigenvalue weighted by atomic mass is 10.1. The Labute approximate surface area is 97.3 Å². The predicted octanol–water partition coefficient (Wildman–Crippen LogP) is 0.622. The van der Waals surface area contributed by atoms with E-state index in [4.69, 9.17) is 4.74 Å². The van der Waals surface area contributed by atoms with Gasteiger partial charge < -0.3 is 15.0 Å². The maximum atomic E-state index is 11.5. The molecule has 0 aromatic heterocycles. The summed E-state index contributed by atoms with van der Waals surface area (Å²) in [6, 6.07) is 0.860. The summed E-state index contributed by atoms with van der Waals surface area (Å²) in [7, 11) is 1.56. The number of nitrogens with zero attached hydrogens (tertiary/aromatic N) is 1. The number of ether oxygens (including phenoxy) is 1. The number of likely N-dealkylation sites (tertiary alicyclic amines) is 1. The summed E-state index contributed by atoms with van der Waals surface area (Å²) < 4.78 is 4.97. The fraction of sp³-hybridized carbons (Fsp3) is 0.917. The molecule has 0 bridgehead atoms. The molecule has 1 N–H and O–H groups in total. The molecule has 1 heterocycles. The molecule has 1 saturated carbocycles. The average molecular weight is 226 g/mol. The van der Waals surface area contributed by atoms with Crippen molar-refractivity contribution in [2.24, 2.45) is 5.92 Å². The number of carbonyl (C=O) groups is 1. The molecule has 1 saturated heterocycles. The van der Waals surface area contributed by atoms with Gasteiger partial charge in [0.15, 0.2) is 0 Å². The first kappa shape index (κ1) is 11.9. The van der Waals surface area contributed by atoms with E-state index in [9.17, 15) is 4.79 Å². The molecule has 0 radical (unpaired) electrons. The van der Waals surface area contributed by atoms with Crippen LogP contribution in [0.15, 0.2) is 0 Å². The van der Waals surface area contributed by atoms with Gasteiger partial charge in [0.05, 0.1) is 0 Å². The van der Waals surface area contributed by atoms with Gasteiger partial charge in [-0.25, -0.2) is 0 Å². The molecule has 4 nitrogen and oxygen atoms in total. The van der Waals surface area contributed by atoms with Gasteiger partial charge in [0.1, 0.15) is 6.10 Å². The second-order valence-electron chi connectivity index (χ2n) is 5.00. The van der Waals surface area contributed by atoms with Crippen LogP contribution in [0.5, 0.6) is 0 Å². The second kappa shape index (κ2) is 5.15. The Bertz CT molecular complexity index is 253. The molecule has 16 heavy (non-hydrogen) atoms. The Hall–Kier alpha value is -0.610. The Morgan fingerprint density at radius 1 is 1.50 bits per heavy atom. The number of amides is 1. The van der Waals surface area contributed by atoms with E-state index >= 15 is 0 Å². The molecule has 4 heteroatoms. The number of hydrogen-bond acceptors (Lipinski definition) is 3. The third kappa shape index (κ3) is 2.95. The van der Waals surface area contributed by atoms with E-state index in [1.807, 2.05) is 0 Å². The van der Waals surface area contributed by atoms with Gasteiger partial charge in [0.2, 0.25) is 5.91 Å². The molecule has 2 rings (SSSR count). The number of hydrogen-bond donors (Lipinski definition) is 1. The van der Waals surface area contributed by atoms with Gasteiger partial charge in [-0.1, -0.05) is 0 Å². The summed E-state index contributed by atoms with van der Waals surface area (Å²) in [6.07, 6.45) is 3.64. The normalized spacial score (nSPS) is 28.0. The molecule has 92 valence electrons. The van der Waals surface area contributed by atoms with E-state index in [0.717, 1.165) is 19.1 Å². The quantitative estimate of drug-likeness (QED) is 0.747. The SMILES string of the molecule is COC(C)C(=O)NCC1CCN(C2CC2)C1. The Kier molecular flexibility index (Phi) is 3.82. The number of nitrogens with one attached hydrogen (secondary N) is 1.